The van der Waals surface area contributed by atoms with Gasteiger partial charge in [0.2, 0.25) is 0 Å². The SMILES string of the molecule is CC1(C)CC1CNCc1cc(-c2cccs2)cs1. The van der Waals surface area contributed by atoms with Crippen molar-refractivity contribution in [3.8, 4) is 10.4 Å². The monoisotopic (exact) mass is 277 g/mol. The fourth-order valence-electron chi connectivity index (χ4n) is 2.34. The Morgan fingerprint density at radius 3 is 2.89 bits per heavy atom. The Balaban J connectivity index is 1.52. The molecule has 2 aromatic rings. The number of thiophene rings is 2. The average Bonchev–Trinajstić information content (AvgIpc) is 2.83. The summed E-state index contributed by atoms with van der Waals surface area (Å²) in [5.74, 6) is 0.884. The molecule has 0 aromatic carbocycles. The highest BCUT2D eigenvalue weighted by Gasteiger charge is 2.44. The molecule has 0 spiro atoms. The van der Waals surface area contributed by atoms with Gasteiger partial charge in [-0.1, -0.05) is 19.9 Å². The fourth-order valence-corrected chi connectivity index (χ4v) is 3.98. The molecule has 1 N–H and O–H groups in total. The maximum Gasteiger partial charge on any atom is 0.0351 e. The summed E-state index contributed by atoms with van der Waals surface area (Å²) in [4.78, 5) is 2.82. The largest absolute Gasteiger partial charge is 0.312 e. The second kappa shape index (κ2) is 4.80. The highest BCUT2D eigenvalue weighted by Crippen LogP contribution is 2.51. The van der Waals surface area contributed by atoms with Crippen LogP contribution in [0.5, 0.6) is 0 Å². The number of rotatable bonds is 5. The molecule has 3 rings (SSSR count). The lowest BCUT2D eigenvalue weighted by atomic mass is 10.1. The molecule has 18 heavy (non-hydrogen) atoms. The van der Waals surface area contributed by atoms with Crippen LogP contribution in [-0.2, 0) is 6.54 Å². The smallest absolute Gasteiger partial charge is 0.0351 e. The third-order valence-electron chi connectivity index (χ3n) is 3.87. The molecule has 1 atom stereocenters. The van der Waals surface area contributed by atoms with Crippen LogP contribution in [0.1, 0.15) is 25.1 Å². The molecule has 0 amide bonds. The molecule has 1 nitrogen and oxygen atoms in total. The van der Waals surface area contributed by atoms with E-state index in [1.165, 1.54) is 28.3 Å². The normalized spacial score (nSPS) is 21.1. The summed E-state index contributed by atoms with van der Waals surface area (Å²) in [6, 6.07) is 6.63. The van der Waals surface area contributed by atoms with Crippen LogP contribution in [-0.4, -0.2) is 6.54 Å². The van der Waals surface area contributed by atoms with Crippen LogP contribution in [0, 0.1) is 11.3 Å². The maximum absolute atomic E-state index is 3.59. The van der Waals surface area contributed by atoms with Crippen molar-refractivity contribution in [2.24, 2.45) is 11.3 Å². The van der Waals surface area contributed by atoms with Gasteiger partial charge in [-0.05, 0) is 47.2 Å². The minimum absolute atomic E-state index is 0.588. The molecule has 3 heteroatoms. The third-order valence-corrected chi connectivity index (χ3v) is 5.72. The first-order chi connectivity index (χ1) is 8.65. The standard InChI is InChI=1S/C15H19NS2/c1-15(2)7-12(15)8-16-9-13-6-11(10-18-13)14-4-3-5-17-14/h3-6,10,12,16H,7-9H2,1-2H3. The van der Waals surface area contributed by atoms with E-state index >= 15 is 0 Å². The van der Waals surface area contributed by atoms with Gasteiger partial charge in [0, 0.05) is 21.9 Å². The number of hydrogen-bond donors (Lipinski definition) is 1. The lowest BCUT2D eigenvalue weighted by Crippen LogP contribution is -2.17. The molecule has 2 heterocycles. The van der Waals surface area contributed by atoms with E-state index < -0.39 is 0 Å². The average molecular weight is 277 g/mol. The van der Waals surface area contributed by atoms with Gasteiger partial charge in [0.05, 0.1) is 0 Å². The first-order valence-electron chi connectivity index (χ1n) is 6.47. The molecule has 0 aliphatic heterocycles. The van der Waals surface area contributed by atoms with Gasteiger partial charge in [0.25, 0.3) is 0 Å². The molecular weight excluding hydrogens is 258 g/mol. The van der Waals surface area contributed by atoms with Crippen molar-refractivity contribution in [2.45, 2.75) is 26.8 Å². The van der Waals surface area contributed by atoms with Crippen molar-refractivity contribution in [1.82, 2.24) is 5.32 Å². The van der Waals surface area contributed by atoms with Crippen molar-refractivity contribution in [1.29, 1.82) is 0 Å². The lowest BCUT2D eigenvalue weighted by Gasteiger charge is -2.04. The molecule has 1 fully saturated rings. The molecule has 1 aliphatic carbocycles. The van der Waals surface area contributed by atoms with Gasteiger partial charge in [0.1, 0.15) is 0 Å². The topological polar surface area (TPSA) is 12.0 Å². The molecule has 1 aliphatic rings. The highest BCUT2D eigenvalue weighted by molar-refractivity contribution is 7.14. The van der Waals surface area contributed by atoms with Crippen LogP contribution in [0.3, 0.4) is 0 Å². The number of hydrogen-bond acceptors (Lipinski definition) is 3. The van der Waals surface area contributed by atoms with Crippen LogP contribution in [0.15, 0.2) is 29.0 Å². The van der Waals surface area contributed by atoms with Crippen LogP contribution >= 0.6 is 22.7 Å². The Morgan fingerprint density at radius 2 is 2.22 bits per heavy atom. The Labute approximate surface area is 117 Å². The predicted octanol–water partition coefficient (Wildman–Crippen LogP) is 4.61. The molecule has 0 radical (unpaired) electrons. The van der Waals surface area contributed by atoms with Crippen LogP contribution in [0.2, 0.25) is 0 Å². The van der Waals surface area contributed by atoms with Gasteiger partial charge in [-0.3, -0.25) is 0 Å². The highest BCUT2D eigenvalue weighted by atomic mass is 32.1. The molecule has 2 aromatic heterocycles. The molecule has 0 bridgehead atoms. The molecule has 0 saturated heterocycles. The summed E-state index contributed by atoms with van der Waals surface area (Å²) >= 11 is 3.68. The van der Waals surface area contributed by atoms with E-state index in [9.17, 15) is 0 Å². The zero-order chi connectivity index (χ0) is 12.6. The van der Waals surface area contributed by atoms with E-state index in [0.717, 1.165) is 12.5 Å². The summed E-state index contributed by atoms with van der Waals surface area (Å²) in [5.41, 5.74) is 1.96. The molecule has 96 valence electrons. The van der Waals surface area contributed by atoms with E-state index in [2.05, 4.69) is 48.1 Å². The first-order valence-corrected chi connectivity index (χ1v) is 8.23. The van der Waals surface area contributed by atoms with Gasteiger partial charge in [-0.15, -0.1) is 22.7 Å². The van der Waals surface area contributed by atoms with E-state index in [1.54, 1.807) is 0 Å². The second-order valence-corrected chi connectivity index (χ2v) is 7.74. The predicted molar refractivity (Wildman–Crippen MR) is 81.2 cm³/mol. The summed E-state index contributed by atoms with van der Waals surface area (Å²) in [6.45, 7) is 6.90. The molecule has 1 unspecified atom stereocenters. The summed E-state index contributed by atoms with van der Waals surface area (Å²) < 4.78 is 0. The van der Waals surface area contributed by atoms with Crippen molar-refractivity contribution in [3.05, 3.63) is 33.8 Å². The van der Waals surface area contributed by atoms with Crippen molar-refractivity contribution in [2.75, 3.05) is 6.54 Å². The zero-order valence-corrected chi connectivity index (χ0v) is 12.5. The first kappa shape index (κ1) is 12.4. The van der Waals surface area contributed by atoms with Crippen LogP contribution < -0.4 is 5.32 Å². The maximum atomic E-state index is 3.59. The second-order valence-electron chi connectivity index (χ2n) is 5.80. The summed E-state index contributed by atoms with van der Waals surface area (Å²) in [6.07, 6.45) is 1.38. The van der Waals surface area contributed by atoms with Gasteiger partial charge in [-0.2, -0.15) is 0 Å². The minimum Gasteiger partial charge on any atom is -0.312 e. The van der Waals surface area contributed by atoms with E-state index in [4.69, 9.17) is 0 Å². The van der Waals surface area contributed by atoms with Gasteiger partial charge < -0.3 is 5.32 Å². The van der Waals surface area contributed by atoms with E-state index in [1.807, 2.05) is 22.7 Å². The Hall–Kier alpha value is -0.640. The lowest BCUT2D eigenvalue weighted by molar-refractivity contribution is 0.521. The van der Waals surface area contributed by atoms with E-state index in [-0.39, 0.29) is 0 Å². The van der Waals surface area contributed by atoms with Crippen molar-refractivity contribution < 1.29 is 0 Å². The zero-order valence-electron chi connectivity index (χ0n) is 10.9. The quantitative estimate of drug-likeness (QED) is 0.841. The van der Waals surface area contributed by atoms with Crippen molar-refractivity contribution in [3.63, 3.8) is 0 Å². The Morgan fingerprint density at radius 1 is 1.39 bits per heavy atom. The number of nitrogens with one attached hydrogen (secondary N) is 1. The molecule has 1 saturated carbocycles. The van der Waals surface area contributed by atoms with Crippen LogP contribution in [0.4, 0.5) is 0 Å². The van der Waals surface area contributed by atoms with Gasteiger partial charge in [-0.25, -0.2) is 0 Å². The Kier molecular flexibility index (Phi) is 3.31. The summed E-state index contributed by atoms with van der Waals surface area (Å²) in [7, 11) is 0. The van der Waals surface area contributed by atoms with Crippen molar-refractivity contribution >= 4 is 22.7 Å². The molecular formula is C15H19NS2. The minimum atomic E-state index is 0.588. The third kappa shape index (κ3) is 2.68. The van der Waals surface area contributed by atoms with E-state index in [0.29, 0.717) is 5.41 Å². The van der Waals surface area contributed by atoms with Gasteiger partial charge >= 0.3 is 0 Å². The summed E-state index contributed by atoms with van der Waals surface area (Å²) in [5, 5.41) is 8.00. The van der Waals surface area contributed by atoms with Crippen LogP contribution in [0.25, 0.3) is 10.4 Å². The van der Waals surface area contributed by atoms with Gasteiger partial charge in [0.15, 0.2) is 0 Å². The fraction of sp³-hybridized carbons (Fsp3) is 0.467. The Bertz CT molecular complexity index is 510.